The zero-order valence-corrected chi connectivity index (χ0v) is 15.1. The second-order valence-electron chi connectivity index (χ2n) is 6.17. The highest BCUT2D eigenvalue weighted by molar-refractivity contribution is 7.22. The van der Waals surface area contributed by atoms with Crippen molar-refractivity contribution in [2.24, 2.45) is 5.92 Å². The number of anilines is 1. The van der Waals surface area contributed by atoms with Gasteiger partial charge in [0.2, 0.25) is 5.91 Å². The molecule has 4 rings (SSSR count). The van der Waals surface area contributed by atoms with Gasteiger partial charge >= 0.3 is 0 Å². The van der Waals surface area contributed by atoms with Crippen LogP contribution >= 0.6 is 22.9 Å². The van der Waals surface area contributed by atoms with Crippen molar-refractivity contribution in [1.82, 2.24) is 10.3 Å². The third-order valence-corrected chi connectivity index (χ3v) is 5.76. The fourth-order valence-electron chi connectivity index (χ4n) is 3.04. The summed E-state index contributed by atoms with van der Waals surface area (Å²) in [6.45, 7) is 1.25. The number of para-hydroxylation sites is 1. The Bertz CT molecular complexity index is 877. The first-order chi connectivity index (χ1) is 12.2. The third-order valence-electron chi connectivity index (χ3n) is 4.43. The van der Waals surface area contributed by atoms with Crippen molar-refractivity contribution in [3.63, 3.8) is 0 Å². The van der Waals surface area contributed by atoms with E-state index in [0.717, 1.165) is 32.4 Å². The summed E-state index contributed by atoms with van der Waals surface area (Å²) in [7, 11) is 0. The van der Waals surface area contributed by atoms with Gasteiger partial charge in [-0.05, 0) is 36.1 Å². The molecule has 25 heavy (non-hydrogen) atoms. The van der Waals surface area contributed by atoms with E-state index in [-0.39, 0.29) is 17.7 Å². The monoisotopic (exact) mass is 371 g/mol. The summed E-state index contributed by atoms with van der Waals surface area (Å²) < 4.78 is 1.16. The van der Waals surface area contributed by atoms with Gasteiger partial charge in [-0.1, -0.05) is 53.3 Å². The van der Waals surface area contributed by atoms with E-state index in [9.17, 15) is 4.79 Å². The maximum atomic E-state index is 12.3. The second-order valence-corrected chi connectivity index (χ2v) is 7.61. The normalized spacial score (nSPS) is 18.9. The molecule has 1 aliphatic rings. The Balaban J connectivity index is 1.24. The highest BCUT2D eigenvalue weighted by Gasteiger charge is 2.44. The standard InChI is InChI=1S/C19H18ClN3OS/c20-15-6-2-1-5-12(15)13-11-14(13)18(24)21-9-10-22-19-23-16-7-3-4-8-17(16)25-19/h1-8,13-14H,9-11H2,(H,21,24)(H,22,23). The number of amides is 1. The van der Waals surface area contributed by atoms with Crippen LogP contribution in [-0.2, 0) is 4.79 Å². The van der Waals surface area contributed by atoms with E-state index in [0.29, 0.717) is 13.1 Å². The van der Waals surface area contributed by atoms with E-state index in [1.54, 1.807) is 11.3 Å². The molecule has 0 radical (unpaired) electrons. The number of nitrogens with zero attached hydrogens (tertiary/aromatic N) is 1. The fraction of sp³-hybridized carbons (Fsp3) is 0.263. The van der Waals surface area contributed by atoms with Crippen LogP contribution in [0.3, 0.4) is 0 Å². The van der Waals surface area contributed by atoms with Crippen molar-refractivity contribution in [3.05, 3.63) is 59.1 Å². The van der Waals surface area contributed by atoms with Gasteiger partial charge in [-0.25, -0.2) is 4.98 Å². The van der Waals surface area contributed by atoms with Crippen molar-refractivity contribution >= 4 is 44.2 Å². The fourth-order valence-corrected chi connectivity index (χ4v) is 4.21. The second kappa shape index (κ2) is 7.02. The van der Waals surface area contributed by atoms with Crippen LogP contribution < -0.4 is 10.6 Å². The van der Waals surface area contributed by atoms with Crippen LogP contribution in [0.4, 0.5) is 5.13 Å². The summed E-state index contributed by atoms with van der Waals surface area (Å²) in [4.78, 5) is 16.8. The summed E-state index contributed by atoms with van der Waals surface area (Å²) >= 11 is 7.83. The van der Waals surface area contributed by atoms with Gasteiger partial charge in [0.05, 0.1) is 10.2 Å². The number of carbonyl (C=O) groups is 1. The first-order valence-electron chi connectivity index (χ1n) is 8.34. The quantitative estimate of drug-likeness (QED) is 0.636. The van der Waals surface area contributed by atoms with E-state index >= 15 is 0 Å². The van der Waals surface area contributed by atoms with E-state index in [4.69, 9.17) is 11.6 Å². The van der Waals surface area contributed by atoms with Gasteiger partial charge in [0.25, 0.3) is 0 Å². The third kappa shape index (κ3) is 3.62. The van der Waals surface area contributed by atoms with Crippen LogP contribution in [0, 0.1) is 5.92 Å². The molecule has 3 aromatic rings. The van der Waals surface area contributed by atoms with Gasteiger partial charge in [-0.3, -0.25) is 4.79 Å². The number of rotatable bonds is 6. The van der Waals surface area contributed by atoms with Crippen LogP contribution in [0.2, 0.25) is 5.02 Å². The van der Waals surface area contributed by atoms with Gasteiger partial charge in [0.15, 0.2) is 5.13 Å². The number of nitrogens with one attached hydrogen (secondary N) is 2. The van der Waals surface area contributed by atoms with Gasteiger partial charge in [0, 0.05) is 24.0 Å². The molecule has 1 amide bonds. The molecule has 128 valence electrons. The van der Waals surface area contributed by atoms with Crippen LogP contribution in [0.15, 0.2) is 48.5 Å². The molecule has 2 N–H and O–H groups in total. The predicted octanol–water partition coefficient (Wildman–Crippen LogP) is 4.28. The molecular formula is C19H18ClN3OS. The summed E-state index contributed by atoms with van der Waals surface area (Å²) in [6.07, 6.45) is 0.876. The minimum Gasteiger partial charge on any atom is -0.360 e. The summed E-state index contributed by atoms with van der Waals surface area (Å²) in [5.74, 6) is 0.407. The Kier molecular flexibility index (Phi) is 4.59. The molecule has 0 bridgehead atoms. The molecule has 0 spiro atoms. The van der Waals surface area contributed by atoms with Crippen molar-refractivity contribution in [2.45, 2.75) is 12.3 Å². The lowest BCUT2D eigenvalue weighted by Gasteiger charge is -2.06. The highest BCUT2D eigenvalue weighted by Crippen LogP contribution is 2.49. The molecule has 1 heterocycles. The van der Waals surface area contributed by atoms with E-state index in [1.165, 1.54) is 0 Å². The zero-order valence-electron chi connectivity index (χ0n) is 13.5. The average molecular weight is 372 g/mol. The van der Waals surface area contributed by atoms with Crippen molar-refractivity contribution in [3.8, 4) is 0 Å². The number of carbonyl (C=O) groups excluding carboxylic acids is 1. The van der Waals surface area contributed by atoms with Crippen LogP contribution in [0.25, 0.3) is 10.2 Å². The minimum absolute atomic E-state index is 0.0438. The van der Waals surface area contributed by atoms with Gasteiger partial charge in [0.1, 0.15) is 0 Å². The Labute approximate surface area is 155 Å². The van der Waals surface area contributed by atoms with Gasteiger partial charge in [-0.2, -0.15) is 0 Å². The zero-order chi connectivity index (χ0) is 17.2. The SMILES string of the molecule is O=C(NCCNc1nc2ccccc2s1)C1CC1c1ccccc1Cl. The molecule has 1 aromatic heterocycles. The Morgan fingerprint density at radius 1 is 1.16 bits per heavy atom. The molecule has 1 aliphatic carbocycles. The number of halogens is 1. The maximum absolute atomic E-state index is 12.3. The predicted molar refractivity (Wildman–Crippen MR) is 103 cm³/mol. The molecule has 1 saturated carbocycles. The summed E-state index contributed by atoms with van der Waals surface area (Å²) in [5, 5.41) is 7.91. The average Bonchev–Trinajstić information content (AvgIpc) is 3.30. The van der Waals surface area contributed by atoms with Crippen molar-refractivity contribution < 1.29 is 4.79 Å². The number of thiazole rings is 1. The number of fused-ring (bicyclic) bond motifs is 1. The molecule has 1 fully saturated rings. The first kappa shape index (κ1) is 16.4. The Morgan fingerprint density at radius 3 is 2.80 bits per heavy atom. The van der Waals surface area contributed by atoms with E-state index < -0.39 is 0 Å². The van der Waals surface area contributed by atoms with Crippen LogP contribution in [0.1, 0.15) is 17.9 Å². The van der Waals surface area contributed by atoms with Crippen LogP contribution in [-0.4, -0.2) is 24.0 Å². The topological polar surface area (TPSA) is 54.0 Å². The molecular weight excluding hydrogens is 354 g/mol. The molecule has 0 saturated heterocycles. The van der Waals surface area contributed by atoms with E-state index in [1.807, 2.05) is 42.5 Å². The number of benzene rings is 2. The highest BCUT2D eigenvalue weighted by atomic mass is 35.5. The van der Waals surface area contributed by atoms with Crippen LogP contribution in [0.5, 0.6) is 0 Å². The molecule has 4 nitrogen and oxygen atoms in total. The Morgan fingerprint density at radius 2 is 1.96 bits per heavy atom. The van der Waals surface area contributed by atoms with Gasteiger partial charge in [-0.15, -0.1) is 0 Å². The molecule has 6 heteroatoms. The number of aromatic nitrogens is 1. The lowest BCUT2D eigenvalue weighted by Crippen LogP contribution is -2.30. The lowest BCUT2D eigenvalue weighted by atomic mass is 10.1. The largest absolute Gasteiger partial charge is 0.360 e. The first-order valence-corrected chi connectivity index (χ1v) is 9.53. The number of hydrogen-bond donors (Lipinski definition) is 2. The molecule has 2 unspecified atom stereocenters. The summed E-state index contributed by atoms with van der Waals surface area (Å²) in [6, 6.07) is 15.8. The molecule has 2 aromatic carbocycles. The summed E-state index contributed by atoms with van der Waals surface area (Å²) in [5.41, 5.74) is 2.08. The molecule has 0 aliphatic heterocycles. The lowest BCUT2D eigenvalue weighted by molar-refractivity contribution is -0.122. The minimum atomic E-state index is 0.0438. The number of hydrogen-bond acceptors (Lipinski definition) is 4. The van der Waals surface area contributed by atoms with Gasteiger partial charge < -0.3 is 10.6 Å². The molecule has 2 atom stereocenters. The smallest absolute Gasteiger partial charge is 0.223 e. The van der Waals surface area contributed by atoms with Crippen molar-refractivity contribution in [2.75, 3.05) is 18.4 Å². The Hall–Kier alpha value is -2.11. The van der Waals surface area contributed by atoms with E-state index in [2.05, 4.69) is 21.7 Å². The van der Waals surface area contributed by atoms with Crippen molar-refractivity contribution in [1.29, 1.82) is 0 Å². The maximum Gasteiger partial charge on any atom is 0.223 e.